The van der Waals surface area contributed by atoms with E-state index in [0.717, 1.165) is 22.6 Å². The van der Waals surface area contributed by atoms with Crippen molar-refractivity contribution in [1.29, 1.82) is 0 Å². The standard InChI is InChI=1S/C21H27NO3/c1-5-19(25-20-9-7-6-8-16(20)4)21(23)22-14-17-10-12-18(13-11-17)24-15(2)3/h6-13,15,19H,5,14H2,1-4H3,(H,22,23). The highest BCUT2D eigenvalue weighted by molar-refractivity contribution is 5.81. The van der Waals surface area contributed by atoms with Crippen LogP contribution in [0.4, 0.5) is 0 Å². The highest BCUT2D eigenvalue weighted by Crippen LogP contribution is 2.19. The molecular formula is C21H27NO3. The van der Waals surface area contributed by atoms with Crippen LogP contribution in [-0.4, -0.2) is 18.1 Å². The fourth-order valence-electron chi connectivity index (χ4n) is 2.43. The minimum absolute atomic E-state index is 0.103. The van der Waals surface area contributed by atoms with Crippen molar-refractivity contribution in [2.75, 3.05) is 0 Å². The lowest BCUT2D eigenvalue weighted by Gasteiger charge is -2.18. The third kappa shape index (κ3) is 5.82. The second-order valence-electron chi connectivity index (χ2n) is 6.31. The van der Waals surface area contributed by atoms with Crippen molar-refractivity contribution in [3.63, 3.8) is 0 Å². The molecular weight excluding hydrogens is 314 g/mol. The number of rotatable bonds is 8. The van der Waals surface area contributed by atoms with E-state index in [1.54, 1.807) is 0 Å². The maximum atomic E-state index is 12.4. The first kappa shape index (κ1) is 18.8. The summed E-state index contributed by atoms with van der Waals surface area (Å²) in [5.41, 5.74) is 2.05. The second kappa shape index (κ2) is 9.11. The van der Waals surface area contributed by atoms with Crippen LogP contribution in [0.5, 0.6) is 11.5 Å². The molecule has 2 aromatic rings. The van der Waals surface area contributed by atoms with E-state index < -0.39 is 6.10 Å². The molecule has 0 bridgehead atoms. The fourth-order valence-corrected chi connectivity index (χ4v) is 2.43. The number of ether oxygens (including phenoxy) is 2. The van der Waals surface area contributed by atoms with Gasteiger partial charge in [-0.1, -0.05) is 37.3 Å². The van der Waals surface area contributed by atoms with Crippen molar-refractivity contribution in [2.24, 2.45) is 0 Å². The first-order valence-electron chi connectivity index (χ1n) is 8.75. The van der Waals surface area contributed by atoms with Crippen molar-refractivity contribution >= 4 is 5.91 Å². The summed E-state index contributed by atoms with van der Waals surface area (Å²) in [7, 11) is 0. The van der Waals surface area contributed by atoms with Crippen LogP contribution in [0.1, 0.15) is 38.3 Å². The van der Waals surface area contributed by atoms with Gasteiger partial charge in [-0.3, -0.25) is 4.79 Å². The maximum Gasteiger partial charge on any atom is 0.261 e. The molecule has 1 N–H and O–H groups in total. The van der Waals surface area contributed by atoms with Gasteiger partial charge in [0.25, 0.3) is 5.91 Å². The first-order valence-corrected chi connectivity index (χ1v) is 8.75. The zero-order valence-corrected chi connectivity index (χ0v) is 15.4. The summed E-state index contributed by atoms with van der Waals surface area (Å²) in [5, 5.41) is 2.95. The van der Waals surface area contributed by atoms with Crippen molar-refractivity contribution in [3.8, 4) is 11.5 Å². The van der Waals surface area contributed by atoms with Crippen molar-refractivity contribution in [2.45, 2.75) is 52.9 Å². The first-order chi connectivity index (χ1) is 12.0. The molecule has 0 fully saturated rings. The van der Waals surface area contributed by atoms with Gasteiger partial charge in [-0.25, -0.2) is 0 Å². The van der Waals surface area contributed by atoms with Gasteiger partial charge in [0.05, 0.1) is 6.10 Å². The Balaban J connectivity index is 1.90. The van der Waals surface area contributed by atoms with Crippen molar-refractivity contribution < 1.29 is 14.3 Å². The Morgan fingerprint density at radius 2 is 1.72 bits per heavy atom. The number of hydrogen-bond acceptors (Lipinski definition) is 3. The number of carbonyl (C=O) groups is 1. The van der Waals surface area contributed by atoms with E-state index in [2.05, 4.69) is 5.32 Å². The number of aryl methyl sites for hydroxylation is 1. The monoisotopic (exact) mass is 341 g/mol. The average Bonchev–Trinajstić information content (AvgIpc) is 2.59. The van der Waals surface area contributed by atoms with E-state index in [1.165, 1.54) is 0 Å². The number of hydrogen-bond donors (Lipinski definition) is 1. The number of carbonyl (C=O) groups excluding carboxylic acids is 1. The summed E-state index contributed by atoms with van der Waals surface area (Å²) < 4.78 is 11.5. The molecule has 0 saturated carbocycles. The lowest BCUT2D eigenvalue weighted by atomic mass is 10.2. The summed E-state index contributed by atoms with van der Waals surface area (Å²) in [6.07, 6.45) is 0.264. The summed E-state index contributed by atoms with van der Waals surface area (Å²) in [6.45, 7) is 8.37. The van der Waals surface area contributed by atoms with E-state index in [-0.39, 0.29) is 12.0 Å². The predicted molar refractivity (Wildman–Crippen MR) is 99.9 cm³/mol. The molecule has 134 valence electrons. The van der Waals surface area contributed by atoms with Crippen LogP contribution in [0.25, 0.3) is 0 Å². The third-order valence-corrected chi connectivity index (χ3v) is 3.79. The molecule has 0 spiro atoms. The van der Waals surface area contributed by atoms with Crippen LogP contribution in [-0.2, 0) is 11.3 Å². The Labute approximate surface area is 150 Å². The Bertz CT molecular complexity index is 680. The van der Waals surface area contributed by atoms with Gasteiger partial charge in [0.1, 0.15) is 11.5 Å². The molecule has 0 heterocycles. The summed E-state index contributed by atoms with van der Waals surface area (Å²) in [4.78, 5) is 12.4. The Kier molecular flexibility index (Phi) is 6.87. The lowest BCUT2D eigenvalue weighted by molar-refractivity contribution is -0.128. The maximum absolute atomic E-state index is 12.4. The molecule has 4 nitrogen and oxygen atoms in total. The molecule has 0 aromatic heterocycles. The average molecular weight is 341 g/mol. The Hall–Kier alpha value is -2.49. The quantitative estimate of drug-likeness (QED) is 0.780. The van der Waals surface area contributed by atoms with Gasteiger partial charge < -0.3 is 14.8 Å². The van der Waals surface area contributed by atoms with Gasteiger partial charge in [0, 0.05) is 6.54 Å². The minimum atomic E-state index is -0.496. The van der Waals surface area contributed by atoms with E-state index in [9.17, 15) is 4.79 Å². The molecule has 0 radical (unpaired) electrons. The van der Waals surface area contributed by atoms with Gasteiger partial charge in [0.2, 0.25) is 0 Å². The zero-order valence-electron chi connectivity index (χ0n) is 15.4. The highest BCUT2D eigenvalue weighted by Gasteiger charge is 2.18. The molecule has 4 heteroatoms. The highest BCUT2D eigenvalue weighted by atomic mass is 16.5. The molecule has 2 aromatic carbocycles. The van der Waals surface area contributed by atoms with Crippen molar-refractivity contribution in [3.05, 3.63) is 59.7 Å². The lowest BCUT2D eigenvalue weighted by Crippen LogP contribution is -2.37. The van der Waals surface area contributed by atoms with Gasteiger partial charge >= 0.3 is 0 Å². The van der Waals surface area contributed by atoms with Gasteiger partial charge in [-0.2, -0.15) is 0 Å². The van der Waals surface area contributed by atoms with Crippen LogP contribution in [0.3, 0.4) is 0 Å². The summed E-state index contributed by atoms with van der Waals surface area (Å²) in [6, 6.07) is 15.5. The van der Waals surface area contributed by atoms with Gasteiger partial charge in [-0.05, 0) is 56.5 Å². The summed E-state index contributed by atoms with van der Waals surface area (Å²) in [5.74, 6) is 1.48. The van der Waals surface area contributed by atoms with Crippen molar-refractivity contribution in [1.82, 2.24) is 5.32 Å². The van der Waals surface area contributed by atoms with E-state index in [1.807, 2.05) is 76.2 Å². The number of amides is 1. The van der Waals surface area contributed by atoms with Crippen LogP contribution < -0.4 is 14.8 Å². The number of para-hydroxylation sites is 1. The summed E-state index contributed by atoms with van der Waals surface area (Å²) >= 11 is 0. The molecule has 1 atom stereocenters. The SMILES string of the molecule is CCC(Oc1ccccc1C)C(=O)NCc1ccc(OC(C)C)cc1. The van der Waals surface area contributed by atoms with Gasteiger partial charge in [0.15, 0.2) is 6.10 Å². The topological polar surface area (TPSA) is 47.6 Å². The molecule has 0 aliphatic rings. The predicted octanol–water partition coefficient (Wildman–Crippen LogP) is 4.26. The molecule has 2 rings (SSSR count). The van der Waals surface area contributed by atoms with E-state index in [4.69, 9.17) is 9.47 Å². The Morgan fingerprint density at radius 3 is 2.32 bits per heavy atom. The fraction of sp³-hybridized carbons (Fsp3) is 0.381. The zero-order chi connectivity index (χ0) is 18.2. The molecule has 1 amide bonds. The normalized spacial score (nSPS) is 11.9. The third-order valence-electron chi connectivity index (χ3n) is 3.79. The largest absolute Gasteiger partial charge is 0.491 e. The smallest absolute Gasteiger partial charge is 0.261 e. The number of nitrogens with one attached hydrogen (secondary N) is 1. The molecule has 25 heavy (non-hydrogen) atoms. The Morgan fingerprint density at radius 1 is 1.04 bits per heavy atom. The molecule has 0 aliphatic heterocycles. The number of benzene rings is 2. The second-order valence-corrected chi connectivity index (χ2v) is 6.31. The minimum Gasteiger partial charge on any atom is -0.491 e. The van der Waals surface area contributed by atoms with E-state index in [0.29, 0.717) is 13.0 Å². The van der Waals surface area contributed by atoms with Gasteiger partial charge in [-0.15, -0.1) is 0 Å². The molecule has 0 saturated heterocycles. The van der Waals surface area contributed by atoms with Crippen LogP contribution in [0.15, 0.2) is 48.5 Å². The van der Waals surface area contributed by atoms with E-state index >= 15 is 0 Å². The van der Waals surface area contributed by atoms with Crippen LogP contribution >= 0.6 is 0 Å². The van der Waals surface area contributed by atoms with Crippen LogP contribution in [0.2, 0.25) is 0 Å². The molecule has 0 aliphatic carbocycles. The van der Waals surface area contributed by atoms with Crippen LogP contribution in [0, 0.1) is 6.92 Å². The molecule has 1 unspecified atom stereocenters.